The van der Waals surface area contributed by atoms with Crippen LogP contribution in [0.25, 0.3) is 17.1 Å². The monoisotopic (exact) mass is 556 g/mol. The van der Waals surface area contributed by atoms with Gasteiger partial charge >= 0.3 is 0 Å². The molecule has 0 aliphatic carbocycles. The van der Waals surface area contributed by atoms with Gasteiger partial charge in [-0.15, -0.1) is 0 Å². The minimum Gasteiger partial charge on any atom is -0.332 e. The van der Waals surface area contributed by atoms with E-state index in [0.29, 0.717) is 19.6 Å². The number of likely N-dealkylation sites (tertiary alicyclic amines) is 1. The maximum Gasteiger partial charge on any atom is 0.246 e. The van der Waals surface area contributed by atoms with Crippen molar-refractivity contribution in [2.45, 2.75) is 58.7 Å². The SMILES string of the molecule is CCCCN(Cc1nc2ccccc2n1Cc1ccccc1CN1CCCCC1)C(=O)/C=C\c1cccc(F)c1F. The largest absolute Gasteiger partial charge is 0.332 e. The van der Waals surface area contributed by atoms with Crippen LogP contribution in [0.2, 0.25) is 0 Å². The number of hydrogen-bond acceptors (Lipinski definition) is 3. The van der Waals surface area contributed by atoms with E-state index in [4.69, 9.17) is 4.98 Å². The van der Waals surface area contributed by atoms with Crippen LogP contribution in [0.3, 0.4) is 0 Å². The van der Waals surface area contributed by atoms with E-state index in [0.717, 1.165) is 55.4 Å². The Balaban J connectivity index is 1.43. The zero-order chi connectivity index (χ0) is 28.6. The molecular formula is C34H38F2N4O. The van der Waals surface area contributed by atoms with E-state index >= 15 is 0 Å². The summed E-state index contributed by atoms with van der Waals surface area (Å²) in [6.07, 6.45) is 8.23. The first-order valence-electron chi connectivity index (χ1n) is 14.7. The van der Waals surface area contributed by atoms with Crippen LogP contribution < -0.4 is 0 Å². The highest BCUT2D eigenvalue weighted by molar-refractivity contribution is 5.91. The number of nitrogens with zero attached hydrogens (tertiary/aromatic N) is 4. The summed E-state index contributed by atoms with van der Waals surface area (Å²) in [5, 5.41) is 0. The topological polar surface area (TPSA) is 41.4 Å². The van der Waals surface area contributed by atoms with Crippen LogP contribution in [-0.2, 0) is 24.4 Å². The van der Waals surface area contributed by atoms with Crippen LogP contribution in [-0.4, -0.2) is 44.9 Å². The van der Waals surface area contributed by atoms with Crippen molar-refractivity contribution in [2.75, 3.05) is 19.6 Å². The van der Waals surface area contributed by atoms with Gasteiger partial charge in [-0.05, 0) is 67.8 Å². The number of piperidine rings is 1. The number of aromatic nitrogens is 2. The van der Waals surface area contributed by atoms with Gasteiger partial charge in [-0.25, -0.2) is 13.8 Å². The maximum absolute atomic E-state index is 14.2. The standard InChI is InChI=1S/C34H38F2N4O/c1-2-3-22-39(33(41)19-18-26-14-11-15-29(35)34(26)36)25-32-37-30-16-7-8-17-31(30)40(32)24-28-13-6-5-12-27(28)23-38-20-9-4-10-21-38/h5-8,11-19H,2-4,9-10,20-25H2,1H3/b19-18-. The van der Waals surface area contributed by atoms with E-state index in [-0.39, 0.29) is 11.5 Å². The third kappa shape index (κ3) is 7.09. The van der Waals surface area contributed by atoms with Crippen molar-refractivity contribution in [2.24, 2.45) is 0 Å². The summed E-state index contributed by atoms with van der Waals surface area (Å²) in [6, 6.07) is 20.6. The summed E-state index contributed by atoms with van der Waals surface area (Å²) in [6.45, 7) is 6.79. The average molecular weight is 557 g/mol. The molecule has 1 fully saturated rings. The second kappa shape index (κ2) is 13.7. The minimum atomic E-state index is -0.957. The summed E-state index contributed by atoms with van der Waals surface area (Å²) >= 11 is 0. The Kier molecular flexibility index (Phi) is 9.57. The molecule has 1 amide bonds. The molecule has 1 aliphatic rings. The average Bonchev–Trinajstić information content (AvgIpc) is 3.34. The van der Waals surface area contributed by atoms with Crippen LogP contribution in [0, 0.1) is 11.6 Å². The molecule has 214 valence electrons. The number of hydrogen-bond donors (Lipinski definition) is 0. The highest BCUT2D eigenvalue weighted by Crippen LogP contribution is 2.23. The molecule has 5 nitrogen and oxygen atoms in total. The summed E-state index contributed by atoms with van der Waals surface area (Å²) in [7, 11) is 0. The Bertz CT molecular complexity index is 1510. The maximum atomic E-state index is 14.2. The molecule has 1 aromatic heterocycles. The van der Waals surface area contributed by atoms with Crippen LogP contribution in [0.1, 0.15) is 61.5 Å². The molecule has 0 bridgehead atoms. The number of fused-ring (bicyclic) bond motifs is 1. The normalized spacial score (nSPS) is 14.2. The number of imidazole rings is 1. The fraction of sp³-hybridized carbons (Fsp3) is 0.353. The number of para-hydroxylation sites is 2. The molecule has 41 heavy (non-hydrogen) atoms. The summed E-state index contributed by atoms with van der Waals surface area (Å²) in [4.78, 5) is 22.6. The van der Waals surface area contributed by atoms with E-state index in [1.807, 2.05) is 18.2 Å². The number of benzene rings is 3. The van der Waals surface area contributed by atoms with E-state index in [2.05, 4.69) is 46.7 Å². The lowest BCUT2D eigenvalue weighted by Gasteiger charge is -2.27. The van der Waals surface area contributed by atoms with Crippen molar-refractivity contribution in [1.29, 1.82) is 0 Å². The molecule has 1 aliphatic heterocycles. The first kappa shape index (κ1) is 28.7. The van der Waals surface area contributed by atoms with Crippen LogP contribution in [0.4, 0.5) is 8.78 Å². The van der Waals surface area contributed by atoms with Crippen molar-refractivity contribution in [1.82, 2.24) is 19.4 Å². The summed E-state index contributed by atoms with van der Waals surface area (Å²) in [5.74, 6) is -1.35. The second-order valence-corrected chi connectivity index (χ2v) is 10.8. The molecular weight excluding hydrogens is 518 g/mol. The number of halogens is 2. The van der Waals surface area contributed by atoms with Gasteiger partial charge in [-0.1, -0.05) is 68.3 Å². The molecule has 5 rings (SSSR count). The van der Waals surface area contributed by atoms with Gasteiger partial charge in [0.05, 0.1) is 17.6 Å². The smallest absolute Gasteiger partial charge is 0.246 e. The van der Waals surface area contributed by atoms with E-state index < -0.39 is 11.6 Å². The molecule has 2 heterocycles. The molecule has 3 aromatic carbocycles. The van der Waals surface area contributed by atoms with Crippen molar-refractivity contribution < 1.29 is 13.6 Å². The second-order valence-electron chi connectivity index (χ2n) is 10.8. The molecule has 0 saturated carbocycles. The minimum absolute atomic E-state index is 0.0475. The van der Waals surface area contributed by atoms with Gasteiger partial charge in [0.2, 0.25) is 5.91 Å². The van der Waals surface area contributed by atoms with Crippen molar-refractivity contribution in [3.05, 3.63) is 107 Å². The molecule has 1 saturated heterocycles. The lowest BCUT2D eigenvalue weighted by molar-refractivity contribution is -0.126. The Labute approximate surface area is 241 Å². The van der Waals surface area contributed by atoms with Crippen LogP contribution >= 0.6 is 0 Å². The van der Waals surface area contributed by atoms with Gasteiger partial charge in [-0.2, -0.15) is 0 Å². The van der Waals surface area contributed by atoms with Crippen molar-refractivity contribution in [3.63, 3.8) is 0 Å². The fourth-order valence-electron chi connectivity index (χ4n) is 5.52. The number of rotatable bonds is 11. The molecule has 4 aromatic rings. The highest BCUT2D eigenvalue weighted by atomic mass is 19.2. The Hall–Kier alpha value is -3.84. The van der Waals surface area contributed by atoms with Crippen molar-refractivity contribution in [3.8, 4) is 0 Å². The molecule has 7 heteroatoms. The third-order valence-corrected chi connectivity index (χ3v) is 7.84. The van der Waals surface area contributed by atoms with Gasteiger partial charge < -0.3 is 9.47 Å². The molecule has 0 atom stereocenters. The van der Waals surface area contributed by atoms with Crippen molar-refractivity contribution >= 4 is 23.0 Å². The molecule has 0 N–H and O–H groups in total. The highest BCUT2D eigenvalue weighted by Gasteiger charge is 2.19. The van der Waals surface area contributed by atoms with Crippen LogP contribution in [0.15, 0.2) is 72.8 Å². The number of amides is 1. The van der Waals surface area contributed by atoms with Gasteiger partial charge in [0.1, 0.15) is 5.82 Å². The van der Waals surface area contributed by atoms with Gasteiger partial charge in [-0.3, -0.25) is 9.69 Å². The lowest BCUT2D eigenvalue weighted by Crippen LogP contribution is -2.31. The third-order valence-electron chi connectivity index (χ3n) is 7.84. The first-order valence-corrected chi connectivity index (χ1v) is 14.7. The predicted molar refractivity (Wildman–Crippen MR) is 160 cm³/mol. The van der Waals surface area contributed by atoms with Gasteiger partial charge in [0.15, 0.2) is 11.6 Å². The van der Waals surface area contributed by atoms with Gasteiger partial charge in [0.25, 0.3) is 0 Å². The zero-order valence-electron chi connectivity index (χ0n) is 23.7. The zero-order valence-corrected chi connectivity index (χ0v) is 23.7. The lowest BCUT2D eigenvalue weighted by atomic mass is 10.0. The molecule has 0 unspecified atom stereocenters. The molecule has 0 radical (unpaired) electrons. The van der Waals surface area contributed by atoms with E-state index in [9.17, 15) is 13.6 Å². The predicted octanol–water partition coefficient (Wildman–Crippen LogP) is 7.19. The summed E-state index contributed by atoms with van der Waals surface area (Å²) < 4.78 is 30.1. The quantitative estimate of drug-likeness (QED) is 0.184. The summed E-state index contributed by atoms with van der Waals surface area (Å²) in [5.41, 5.74) is 4.52. The Morgan fingerprint density at radius 1 is 0.927 bits per heavy atom. The van der Waals surface area contributed by atoms with E-state index in [1.54, 1.807) is 4.90 Å². The van der Waals surface area contributed by atoms with Crippen LogP contribution in [0.5, 0.6) is 0 Å². The Morgan fingerprint density at radius 2 is 1.66 bits per heavy atom. The number of carbonyl (C=O) groups excluding carboxylic acids is 1. The number of carbonyl (C=O) groups is 1. The van der Waals surface area contributed by atoms with Gasteiger partial charge in [0, 0.05) is 31.3 Å². The first-order chi connectivity index (χ1) is 20.0. The van der Waals surface area contributed by atoms with E-state index in [1.165, 1.54) is 54.7 Å². The Morgan fingerprint density at radius 3 is 2.44 bits per heavy atom. The number of unbranched alkanes of at least 4 members (excludes halogenated alkanes) is 1. The molecule has 0 spiro atoms. The fourth-order valence-corrected chi connectivity index (χ4v) is 5.52.